The number of benzene rings is 1. The molecule has 3 rings (SSSR count). The number of aromatic nitrogens is 1. The zero-order chi connectivity index (χ0) is 15.1. The molecule has 0 aliphatic heterocycles. The van der Waals surface area contributed by atoms with Crippen molar-refractivity contribution >= 4 is 17.3 Å². The Morgan fingerprint density at radius 3 is 2.48 bits per heavy atom. The van der Waals surface area contributed by atoms with E-state index < -0.39 is 11.4 Å². The van der Waals surface area contributed by atoms with Gasteiger partial charge in [-0.25, -0.2) is 4.98 Å². The molecular weight excluding hydrogens is 282 g/mol. The average molecular weight is 301 g/mol. The second-order valence-corrected chi connectivity index (χ2v) is 7.13. The second-order valence-electron chi connectivity index (χ2n) is 6.27. The van der Waals surface area contributed by atoms with Gasteiger partial charge in [-0.15, -0.1) is 11.3 Å². The van der Waals surface area contributed by atoms with E-state index >= 15 is 0 Å². The minimum absolute atomic E-state index is 0.00123. The molecule has 0 spiro atoms. The molecule has 0 bridgehead atoms. The molecule has 1 aromatic heterocycles. The standard InChI is InChI=1S/C17H19NO2S/c1-16(2,15(19)20)13-11-21-14(18-13)17(9-6-10-17)12-7-4-3-5-8-12/h3-5,7-8,11H,6,9-10H2,1-2H3,(H,19,20). The van der Waals surface area contributed by atoms with Gasteiger partial charge < -0.3 is 5.11 Å². The highest BCUT2D eigenvalue weighted by Gasteiger charge is 2.44. The average Bonchev–Trinajstić information content (AvgIpc) is 2.89. The number of hydrogen-bond acceptors (Lipinski definition) is 3. The number of carboxylic acid groups (broad SMARTS) is 1. The first-order valence-corrected chi connectivity index (χ1v) is 8.10. The molecule has 1 aliphatic carbocycles. The number of carbonyl (C=O) groups is 1. The highest BCUT2D eigenvalue weighted by atomic mass is 32.1. The van der Waals surface area contributed by atoms with E-state index in [1.807, 2.05) is 11.4 Å². The van der Waals surface area contributed by atoms with Gasteiger partial charge in [0, 0.05) is 10.8 Å². The van der Waals surface area contributed by atoms with E-state index in [9.17, 15) is 9.90 Å². The highest BCUT2D eigenvalue weighted by molar-refractivity contribution is 7.09. The van der Waals surface area contributed by atoms with Crippen LogP contribution in [0.15, 0.2) is 35.7 Å². The largest absolute Gasteiger partial charge is 0.481 e. The van der Waals surface area contributed by atoms with Crippen LogP contribution in [0.2, 0.25) is 0 Å². The zero-order valence-electron chi connectivity index (χ0n) is 12.3. The normalized spacial score (nSPS) is 17.2. The third kappa shape index (κ3) is 2.18. The number of thiazole rings is 1. The summed E-state index contributed by atoms with van der Waals surface area (Å²) in [6.45, 7) is 3.42. The summed E-state index contributed by atoms with van der Waals surface area (Å²) < 4.78 is 0. The van der Waals surface area contributed by atoms with Crippen LogP contribution in [0.1, 0.15) is 49.4 Å². The summed E-state index contributed by atoms with van der Waals surface area (Å²) in [6.07, 6.45) is 3.39. The molecule has 4 heteroatoms. The van der Waals surface area contributed by atoms with E-state index in [0.29, 0.717) is 5.69 Å². The lowest BCUT2D eigenvalue weighted by Crippen LogP contribution is -2.36. The summed E-state index contributed by atoms with van der Waals surface area (Å²) in [7, 11) is 0. The summed E-state index contributed by atoms with van der Waals surface area (Å²) in [6, 6.07) is 10.5. The van der Waals surface area contributed by atoms with Crippen molar-refractivity contribution in [1.29, 1.82) is 0 Å². The fourth-order valence-corrected chi connectivity index (χ4v) is 4.07. The van der Waals surface area contributed by atoms with Gasteiger partial charge in [0.15, 0.2) is 0 Å². The van der Waals surface area contributed by atoms with E-state index in [-0.39, 0.29) is 5.41 Å². The number of aliphatic carboxylic acids is 1. The zero-order valence-corrected chi connectivity index (χ0v) is 13.1. The van der Waals surface area contributed by atoms with E-state index in [4.69, 9.17) is 4.98 Å². The number of hydrogen-bond donors (Lipinski definition) is 1. The highest BCUT2D eigenvalue weighted by Crippen LogP contribution is 2.50. The van der Waals surface area contributed by atoms with E-state index in [1.165, 1.54) is 12.0 Å². The Kier molecular flexibility index (Phi) is 3.36. The maximum Gasteiger partial charge on any atom is 0.315 e. The third-order valence-corrected chi connectivity index (χ3v) is 5.67. The molecule has 0 unspecified atom stereocenters. The van der Waals surface area contributed by atoms with Crippen LogP contribution in [0.5, 0.6) is 0 Å². The van der Waals surface area contributed by atoms with Crippen LogP contribution >= 0.6 is 11.3 Å². The van der Waals surface area contributed by atoms with Gasteiger partial charge >= 0.3 is 5.97 Å². The van der Waals surface area contributed by atoms with Crippen molar-refractivity contribution in [3.63, 3.8) is 0 Å². The molecule has 0 amide bonds. The van der Waals surface area contributed by atoms with Crippen molar-refractivity contribution < 1.29 is 9.90 Å². The van der Waals surface area contributed by atoms with Crippen molar-refractivity contribution in [3.05, 3.63) is 52.0 Å². The minimum atomic E-state index is -0.934. The van der Waals surface area contributed by atoms with Crippen molar-refractivity contribution in [2.24, 2.45) is 0 Å². The van der Waals surface area contributed by atoms with Crippen LogP contribution < -0.4 is 0 Å². The lowest BCUT2D eigenvalue weighted by atomic mass is 9.65. The van der Waals surface area contributed by atoms with E-state index in [2.05, 4.69) is 24.3 Å². The fourth-order valence-electron chi connectivity index (χ4n) is 2.80. The van der Waals surface area contributed by atoms with Crippen molar-refractivity contribution in [2.45, 2.75) is 43.9 Å². The van der Waals surface area contributed by atoms with Gasteiger partial charge in [0.25, 0.3) is 0 Å². The molecule has 1 N–H and O–H groups in total. The number of nitrogens with zero attached hydrogens (tertiary/aromatic N) is 1. The van der Waals surface area contributed by atoms with Crippen LogP contribution in [0.25, 0.3) is 0 Å². The Balaban J connectivity index is 2.01. The topological polar surface area (TPSA) is 50.2 Å². The Morgan fingerprint density at radius 2 is 1.95 bits per heavy atom. The Hall–Kier alpha value is -1.68. The van der Waals surface area contributed by atoms with Crippen LogP contribution in [0.4, 0.5) is 0 Å². The number of carboxylic acids is 1. The van der Waals surface area contributed by atoms with Gasteiger partial charge in [0.2, 0.25) is 0 Å². The predicted octanol–water partition coefficient (Wildman–Crippen LogP) is 3.98. The second kappa shape index (κ2) is 4.95. The molecule has 1 fully saturated rings. The molecule has 2 aromatic rings. The molecule has 0 saturated heterocycles. The maximum atomic E-state index is 11.4. The molecule has 1 aliphatic rings. The quantitative estimate of drug-likeness (QED) is 0.929. The Bertz CT molecular complexity index is 656. The summed E-state index contributed by atoms with van der Waals surface area (Å²) in [4.78, 5) is 16.1. The minimum Gasteiger partial charge on any atom is -0.481 e. The molecule has 1 saturated carbocycles. The van der Waals surface area contributed by atoms with Crippen LogP contribution in [-0.4, -0.2) is 16.1 Å². The summed E-state index contributed by atoms with van der Waals surface area (Å²) in [5, 5.41) is 12.3. The number of rotatable bonds is 4. The smallest absolute Gasteiger partial charge is 0.315 e. The molecule has 0 radical (unpaired) electrons. The molecule has 1 aromatic carbocycles. The molecule has 21 heavy (non-hydrogen) atoms. The molecule has 110 valence electrons. The predicted molar refractivity (Wildman–Crippen MR) is 83.8 cm³/mol. The molecule has 1 heterocycles. The van der Waals surface area contributed by atoms with Gasteiger partial charge in [-0.2, -0.15) is 0 Å². The molecule has 3 nitrogen and oxygen atoms in total. The maximum absolute atomic E-state index is 11.4. The fraction of sp³-hybridized carbons (Fsp3) is 0.412. The third-order valence-electron chi connectivity index (χ3n) is 4.62. The Morgan fingerprint density at radius 1 is 1.29 bits per heavy atom. The molecule has 0 atom stereocenters. The summed E-state index contributed by atoms with van der Waals surface area (Å²) in [5.74, 6) is -0.832. The van der Waals surface area contributed by atoms with E-state index in [0.717, 1.165) is 17.8 Å². The van der Waals surface area contributed by atoms with Crippen molar-refractivity contribution in [2.75, 3.05) is 0 Å². The summed E-state index contributed by atoms with van der Waals surface area (Å²) >= 11 is 1.60. The Labute approximate surface area is 128 Å². The van der Waals surface area contributed by atoms with Crippen LogP contribution in [0.3, 0.4) is 0 Å². The monoisotopic (exact) mass is 301 g/mol. The van der Waals surface area contributed by atoms with Crippen molar-refractivity contribution in [3.8, 4) is 0 Å². The first-order chi connectivity index (χ1) is 9.97. The van der Waals surface area contributed by atoms with Gasteiger partial charge in [-0.3, -0.25) is 4.79 Å². The van der Waals surface area contributed by atoms with Gasteiger partial charge in [0.1, 0.15) is 10.4 Å². The lowest BCUT2D eigenvalue weighted by Gasteiger charge is -2.40. The lowest BCUT2D eigenvalue weighted by molar-refractivity contribution is -0.142. The van der Waals surface area contributed by atoms with Crippen molar-refractivity contribution in [1.82, 2.24) is 4.98 Å². The van der Waals surface area contributed by atoms with E-state index in [1.54, 1.807) is 25.2 Å². The SMILES string of the molecule is CC(C)(C(=O)O)c1csc(C2(c3ccccc3)CCC2)n1. The van der Waals surface area contributed by atoms with Gasteiger partial charge in [0.05, 0.1) is 5.69 Å². The first kappa shape index (κ1) is 14.3. The van der Waals surface area contributed by atoms with Crippen LogP contribution in [-0.2, 0) is 15.6 Å². The van der Waals surface area contributed by atoms with Gasteiger partial charge in [-0.1, -0.05) is 36.8 Å². The van der Waals surface area contributed by atoms with Crippen LogP contribution in [0, 0.1) is 0 Å². The summed E-state index contributed by atoms with van der Waals surface area (Å²) in [5.41, 5.74) is 1.03. The molecular formula is C17H19NO2S. The van der Waals surface area contributed by atoms with Gasteiger partial charge in [-0.05, 0) is 32.3 Å². The first-order valence-electron chi connectivity index (χ1n) is 7.22.